The number of likely N-dealkylation sites (N-methyl/N-ethyl adjacent to an activating group) is 1. The van der Waals surface area contributed by atoms with E-state index in [9.17, 15) is 0 Å². The summed E-state index contributed by atoms with van der Waals surface area (Å²) in [6, 6.07) is 8.43. The van der Waals surface area contributed by atoms with Crippen LogP contribution in [0.25, 0.3) is 0 Å². The Hall–Kier alpha value is -0.121. The van der Waals surface area contributed by atoms with Gasteiger partial charge in [-0.3, -0.25) is 4.90 Å². The summed E-state index contributed by atoms with van der Waals surface area (Å²) in [6.07, 6.45) is 0. The topological polar surface area (TPSA) is 12.5 Å². The van der Waals surface area contributed by atoms with E-state index in [1.165, 1.54) is 5.56 Å². The van der Waals surface area contributed by atoms with Gasteiger partial charge in [0.25, 0.3) is 0 Å². The van der Waals surface area contributed by atoms with Gasteiger partial charge in [0.15, 0.2) is 0 Å². The molecule has 0 unspecified atom stereocenters. The molecule has 1 rings (SSSR count). The Morgan fingerprint density at radius 3 is 2.56 bits per heavy atom. The normalized spacial score (nSPS) is 12.2. The molecule has 0 saturated heterocycles. The molecule has 0 fully saturated rings. The van der Waals surface area contributed by atoms with Gasteiger partial charge < -0.3 is 17.4 Å². The van der Waals surface area contributed by atoms with Crippen LogP contribution in [0, 0.1) is 0 Å². The second-order valence-electron chi connectivity index (χ2n) is 3.69. The van der Waals surface area contributed by atoms with Crippen molar-refractivity contribution < 1.29 is 21.8 Å². The molecule has 1 aromatic rings. The van der Waals surface area contributed by atoms with Crippen LogP contribution >= 0.6 is 0 Å². The molecule has 1 aromatic carbocycles. The first-order valence-corrected chi connectivity index (χ1v) is 5.52. The number of hydrogen-bond donors (Lipinski definition) is 0. The Morgan fingerprint density at radius 1 is 1.38 bits per heavy atom. The van der Waals surface area contributed by atoms with Crippen molar-refractivity contribution >= 4 is 12.6 Å². The minimum absolute atomic E-state index is 0. The summed E-state index contributed by atoms with van der Waals surface area (Å²) in [5, 5.41) is 0. The van der Waals surface area contributed by atoms with Crippen LogP contribution < -0.4 is 0 Å². The summed E-state index contributed by atoms with van der Waals surface area (Å²) in [5.41, 5.74) is 1.21. The summed E-state index contributed by atoms with van der Waals surface area (Å²) in [5.74, 6) is 0. The Balaban J connectivity index is 0.00000225. The minimum Gasteiger partial charge on any atom is -0.779 e. The van der Waals surface area contributed by atoms with Crippen LogP contribution in [0.3, 0.4) is 0 Å². The van der Waals surface area contributed by atoms with Crippen molar-refractivity contribution in [3.8, 4) is 0 Å². The van der Waals surface area contributed by atoms with Gasteiger partial charge in [-0.25, -0.2) is 0 Å². The van der Waals surface area contributed by atoms with Crippen LogP contribution in [0.2, 0.25) is 0 Å². The second-order valence-corrected chi connectivity index (χ2v) is 4.13. The van der Waals surface area contributed by atoms with Crippen LogP contribution in [0.15, 0.2) is 29.2 Å². The third kappa shape index (κ3) is 4.40. The molecule has 16 heavy (non-hydrogen) atoms. The van der Waals surface area contributed by atoms with Crippen LogP contribution in [0.4, 0.5) is 0 Å². The maximum Gasteiger partial charge on any atom is 1.00 e. The van der Waals surface area contributed by atoms with E-state index in [1.807, 2.05) is 18.2 Å². The van der Waals surface area contributed by atoms with Crippen molar-refractivity contribution in [1.82, 2.24) is 4.90 Å². The molecule has 2 nitrogen and oxygen atoms in total. The van der Waals surface area contributed by atoms with Gasteiger partial charge in [0, 0.05) is 19.7 Å². The van der Waals surface area contributed by atoms with E-state index >= 15 is 0 Å². The molecule has 0 aliphatic rings. The quantitative estimate of drug-likeness (QED) is 0.609. The molecule has 0 N–H and O–H groups in total. The van der Waals surface area contributed by atoms with E-state index in [2.05, 4.69) is 24.9 Å². The largest absolute Gasteiger partial charge is 1.00 e. The number of methoxy groups -OCH3 is 1. The maximum absolute atomic E-state index is 5.30. The number of nitrogens with zero attached hydrogens (tertiary/aromatic N) is 1. The molecule has 1 atom stereocenters. The fourth-order valence-corrected chi connectivity index (χ4v) is 1.81. The Labute approximate surface area is 114 Å². The summed E-state index contributed by atoms with van der Waals surface area (Å²) < 4.78 is 5.06. The van der Waals surface area contributed by atoms with Crippen LogP contribution in [0.5, 0.6) is 0 Å². The number of rotatable bonds is 5. The SMILES string of the molecule is COCCN(C)[C@H](C)c1ccccc1[S-].[Cu+]. The van der Waals surface area contributed by atoms with Gasteiger partial charge in [0.1, 0.15) is 0 Å². The molecule has 0 bridgehead atoms. The zero-order valence-electron chi connectivity index (χ0n) is 9.87. The maximum atomic E-state index is 5.30. The molecule has 0 aliphatic heterocycles. The molecule has 94 valence electrons. The first-order chi connectivity index (χ1) is 7.16. The Bertz CT molecular complexity index is 309. The third-order valence-corrected chi connectivity index (χ3v) is 3.05. The molecule has 4 heteroatoms. The third-order valence-electron chi connectivity index (χ3n) is 2.68. The smallest absolute Gasteiger partial charge is 0.779 e. The van der Waals surface area contributed by atoms with Crippen LogP contribution in [-0.2, 0) is 34.4 Å². The van der Waals surface area contributed by atoms with Gasteiger partial charge in [-0.15, -0.1) is 0 Å². The minimum atomic E-state index is 0. The predicted molar refractivity (Wildman–Crippen MR) is 65.0 cm³/mol. The van der Waals surface area contributed by atoms with E-state index in [4.69, 9.17) is 17.4 Å². The first kappa shape index (κ1) is 15.9. The summed E-state index contributed by atoms with van der Waals surface area (Å²) in [7, 11) is 3.81. The molecular weight excluding hydrogens is 270 g/mol. The van der Waals surface area contributed by atoms with Gasteiger partial charge in [-0.1, -0.05) is 29.8 Å². The van der Waals surface area contributed by atoms with Gasteiger partial charge in [0.05, 0.1) is 6.61 Å². The predicted octanol–water partition coefficient (Wildman–Crippen LogP) is 2.23. The van der Waals surface area contributed by atoms with Crippen molar-refractivity contribution in [2.45, 2.75) is 17.9 Å². The first-order valence-electron chi connectivity index (χ1n) is 5.12. The summed E-state index contributed by atoms with van der Waals surface area (Å²) >= 11 is 5.30. The zero-order valence-corrected chi connectivity index (χ0v) is 11.6. The van der Waals surface area contributed by atoms with E-state index in [-0.39, 0.29) is 17.1 Å². The Morgan fingerprint density at radius 2 is 2.00 bits per heavy atom. The molecule has 0 aliphatic carbocycles. The number of hydrogen-bond acceptors (Lipinski definition) is 3. The van der Waals surface area contributed by atoms with E-state index in [0.29, 0.717) is 6.04 Å². The number of ether oxygens (including phenoxy) is 1. The van der Waals surface area contributed by atoms with E-state index in [0.717, 1.165) is 18.0 Å². The monoisotopic (exact) mass is 287 g/mol. The second kappa shape index (κ2) is 8.04. The average molecular weight is 288 g/mol. The van der Waals surface area contributed by atoms with Crippen molar-refractivity contribution in [2.75, 3.05) is 27.3 Å². The zero-order chi connectivity index (χ0) is 11.3. The van der Waals surface area contributed by atoms with Gasteiger partial charge in [-0.2, -0.15) is 4.90 Å². The summed E-state index contributed by atoms with van der Waals surface area (Å²) in [4.78, 5) is 3.18. The molecule has 0 heterocycles. The van der Waals surface area contributed by atoms with E-state index in [1.54, 1.807) is 7.11 Å². The molecule has 0 radical (unpaired) electrons. The van der Waals surface area contributed by atoms with Gasteiger partial charge in [-0.05, 0) is 14.0 Å². The average Bonchev–Trinajstić information content (AvgIpc) is 2.25. The molecular formula is C12H18CuNOS. The van der Waals surface area contributed by atoms with Crippen molar-refractivity contribution in [1.29, 1.82) is 0 Å². The molecule has 0 spiro atoms. The van der Waals surface area contributed by atoms with Gasteiger partial charge >= 0.3 is 17.1 Å². The number of benzene rings is 1. The standard InChI is InChI=1S/C12H19NOS.Cu/c1-10(13(2)8-9-14-3)11-6-4-5-7-12(11)15;/h4-7,10,15H,8-9H2,1-3H3;/q;+1/p-1/t10-;/m1./s1. The fourth-order valence-electron chi connectivity index (χ4n) is 1.49. The van der Waals surface area contributed by atoms with Crippen molar-refractivity contribution in [3.05, 3.63) is 29.8 Å². The van der Waals surface area contributed by atoms with Gasteiger partial charge in [0.2, 0.25) is 0 Å². The van der Waals surface area contributed by atoms with Crippen LogP contribution in [-0.4, -0.2) is 32.2 Å². The Kier molecular flexibility index (Phi) is 7.98. The summed E-state index contributed by atoms with van der Waals surface area (Å²) in [6.45, 7) is 3.84. The van der Waals surface area contributed by atoms with Crippen LogP contribution in [0.1, 0.15) is 18.5 Å². The van der Waals surface area contributed by atoms with Crippen molar-refractivity contribution in [3.63, 3.8) is 0 Å². The van der Waals surface area contributed by atoms with E-state index < -0.39 is 0 Å². The molecule has 0 amide bonds. The molecule has 0 saturated carbocycles. The fraction of sp³-hybridized carbons (Fsp3) is 0.500. The molecule has 0 aromatic heterocycles. The van der Waals surface area contributed by atoms with Crippen molar-refractivity contribution in [2.24, 2.45) is 0 Å².